The molecule has 0 saturated carbocycles. The minimum atomic E-state index is -0.590. The highest BCUT2D eigenvalue weighted by Crippen LogP contribution is 2.23. The van der Waals surface area contributed by atoms with Gasteiger partial charge in [-0.3, -0.25) is 9.89 Å². The summed E-state index contributed by atoms with van der Waals surface area (Å²) in [6.07, 6.45) is -0.210. The number of rotatable bonds is 4. The number of hydrogen-bond donors (Lipinski definition) is 2. The number of hydrogen-bond acceptors (Lipinski definition) is 4. The molecular weight excluding hydrogens is 349 g/mol. The highest BCUT2D eigenvalue weighted by atomic mass is 35.5. The predicted octanol–water partition coefficient (Wildman–Crippen LogP) is 3.32. The lowest BCUT2D eigenvalue weighted by atomic mass is 10.1. The van der Waals surface area contributed by atoms with Crippen molar-refractivity contribution >= 4 is 40.1 Å². The Morgan fingerprint density at radius 3 is 2.84 bits per heavy atom. The van der Waals surface area contributed by atoms with E-state index in [1.807, 2.05) is 0 Å². The number of methoxy groups -OCH3 is 1. The minimum Gasteiger partial charge on any atom is -0.464 e. The van der Waals surface area contributed by atoms with Crippen molar-refractivity contribution in [3.63, 3.8) is 0 Å². The van der Waals surface area contributed by atoms with Gasteiger partial charge in [-0.25, -0.2) is 9.18 Å². The molecule has 0 spiro atoms. The van der Waals surface area contributed by atoms with Gasteiger partial charge in [0.15, 0.2) is 5.69 Å². The van der Waals surface area contributed by atoms with Gasteiger partial charge in [0.2, 0.25) is 5.91 Å². The molecule has 0 fully saturated rings. The highest BCUT2D eigenvalue weighted by molar-refractivity contribution is 6.31. The fraction of sp³-hybridized carbons (Fsp3) is 0.118. The summed E-state index contributed by atoms with van der Waals surface area (Å²) in [5.74, 6) is -1.57. The summed E-state index contributed by atoms with van der Waals surface area (Å²) in [5, 5.41) is 9.96. The second-order valence-corrected chi connectivity index (χ2v) is 5.66. The number of fused-ring (bicyclic) bond motifs is 1. The zero-order valence-electron chi connectivity index (χ0n) is 13.1. The predicted molar refractivity (Wildman–Crippen MR) is 91.2 cm³/mol. The second kappa shape index (κ2) is 6.90. The molecule has 0 radical (unpaired) electrons. The maximum Gasteiger partial charge on any atom is 0.359 e. The molecule has 0 aliphatic heterocycles. The van der Waals surface area contributed by atoms with Crippen LogP contribution in [0.4, 0.5) is 10.1 Å². The van der Waals surface area contributed by atoms with Crippen LogP contribution >= 0.6 is 11.6 Å². The number of anilines is 1. The first kappa shape index (κ1) is 16.9. The summed E-state index contributed by atoms with van der Waals surface area (Å²) in [5.41, 5.74) is 1.30. The van der Waals surface area contributed by atoms with Crippen molar-refractivity contribution < 1.29 is 18.7 Å². The molecule has 25 heavy (non-hydrogen) atoms. The van der Waals surface area contributed by atoms with E-state index in [2.05, 4.69) is 20.3 Å². The zero-order chi connectivity index (χ0) is 18.0. The van der Waals surface area contributed by atoms with Gasteiger partial charge < -0.3 is 10.1 Å². The Morgan fingerprint density at radius 1 is 1.32 bits per heavy atom. The molecule has 0 unspecified atom stereocenters. The van der Waals surface area contributed by atoms with E-state index in [1.54, 1.807) is 18.2 Å². The average Bonchev–Trinajstić information content (AvgIpc) is 3.01. The molecule has 6 nitrogen and oxygen atoms in total. The smallest absolute Gasteiger partial charge is 0.359 e. The first-order valence-corrected chi connectivity index (χ1v) is 7.66. The van der Waals surface area contributed by atoms with E-state index in [9.17, 15) is 14.0 Å². The van der Waals surface area contributed by atoms with Crippen molar-refractivity contribution in [2.45, 2.75) is 6.42 Å². The summed E-state index contributed by atoms with van der Waals surface area (Å²) in [6, 6.07) is 9.14. The molecule has 0 aliphatic rings. The van der Waals surface area contributed by atoms with E-state index < -0.39 is 17.7 Å². The number of halogens is 2. The number of benzene rings is 2. The van der Waals surface area contributed by atoms with Crippen LogP contribution in [0.2, 0.25) is 5.02 Å². The standard InChI is InChI=1S/C17H13ClFN3O3/c1-25-17(24)16-11-7-9(5-6-14(11)21-22-16)20-15(23)8-10-12(18)3-2-4-13(10)19/h2-7H,8H2,1H3,(H,20,23)(H,21,22). The molecule has 0 bridgehead atoms. The summed E-state index contributed by atoms with van der Waals surface area (Å²) in [7, 11) is 1.26. The monoisotopic (exact) mass is 361 g/mol. The van der Waals surface area contributed by atoms with Gasteiger partial charge >= 0.3 is 5.97 Å². The molecule has 1 heterocycles. The van der Waals surface area contributed by atoms with E-state index in [4.69, 9.17) is 11.6 Å². The molecule has 0 aliphatic carbocycles. The van der Waals surface area contributed by atoms with E-state index in [0.29, 0.717) is 16.6 Å². The van der Waals surface area contributed by atoms with Gasteiger partial charge in [0.1, 0.15) is 5.82 Å². The van der Waals surface area contributed by atoms with E-state index in [1.165, 1.54) is 25.3 Å². The molecule has 2 aromatic carbocycles. The number of nitrogens with zero attached hydrogens (tertiary/aromatic N) is 1. The third-order valence-corrected chi connectivity index (χ3v) is 3.98. The molecular formula is C17H13ClFN3O3. The molecule has 3 rings (SSSR count). The van der Waals surface area contributed by atoms with Gasteiger partial charge in [0.05, 0.1) is 19.0 Å². The number of H-pyrrole nitrogens is 1. The number of amides is 1. The zero-order valence-corrected chi connectivity index (χ0v) is 13.9. The van der Waals surface area contributed by atoms with Crippen LogP contribution < -0.4 is 5.32 Å². The third kappa shape index (κ3) is 3.46. The molecule has 8 heteroatoms. The quantitative estimate of drug-likeness (QED) is 0.698. The molecule has 0 atom stereocenters. The summed E-state index contributed by atoms with van der Waals surface area (Å²) < 4.78 is 18.4. The van der Waals surface area contributed by atoms with Crippen LogP contribution in [0, 0.1) is 5.82 Å². The Hall–Kier alpha value is -2.93. The normalized spacial score (nSPS) is 10.7. The number of nitrogens with one attached hydrogen (secondary N) is 2. The maximum absolute atomic E-state index is 13.8. The largest absolute Gasteiger partial charge is 0.464 e. The van der Waals surface area contributed by atoms with Crippen molar-refractivity contribution in [1.82, 2.24) is 10.2 Å². The fourth-order valence-corrected chi connectivity index (χ4v) is 2.64. The average molecular weight is 362 g/mol. The third-order valence-electron chi connectivity index (χ3n) is 3.62. The second-order valence-electron chi connectivity index (χ2n) is 5.25. The molecule has 0 saturated heterocycles. The Balaban J connectivity index is 1.83. The summed E-state index contributed by atoms with van der Waals surface area (Å²) in [4.78, 5) is 23.9. The Morgan fingerprint density at radius 2 is 2.12 bits per heavy atom. The first-order valence-electron chi connectivity index (χ1n) is 7.28. The lowest BCUT2D eigenvalue weighted by molar-refractivity contribution is -0.115. The number of carbonyl (C=O) groups excluding carboxylic acids is 2. The highest BCUT2D eigenvalue weighted by Gasteiger charge is 2.16. The Kier molecular flexibility index (Phi) is 4.67. The van der Waals surface area contributed by atoms with Crippen LogP contribution in [0.1, 0.15) is 16.1 Å². The number of aromatic nitrogens is 2. The van der Waals surface area contributed by atoms with Crippen LogP contribution in [-0.4, -0.2) is 29.2 Å². The minimum absolute atomic E-state index is 0.116. The molecule has 128 valence electrons. The summed E-state index contributed by atoms with van der Waals surface area (Å²) >= 11 is 5.93. The van der Waals surface area contributed by atoms with Gasteiger partial charge in [-0.15, -0.1) is 0 Å². The van der Waals surface area contributed by atoms with E-state index in [-0.39, 0.29) is 22.7 Å². The van der Waals surface area contributed by atoms with Gasteiger partial charge in [-0.2, -0.15) is 5.10 Å². The lowest BCUT2D eigenvalue weighted by Crippen LogP contribution is -2.15. The summed E-state index contributed by atoms with van der Waals surface area (Å²) in [6.45, 7) is 0. The van der Waals surface area contributed by atoms with Crippen molar-refractivity contribution in [2.24, 2.45) is 0 Å². The van der Waals surface area contributed by atoms with Crippen LogP contribution in [-0.2, 0) is 16.0 Å². The number of carbonyl (C=O) groups is 2. The maximum atomic E-state index is 13.8. The first-order chi connectivity index (χ1) is 12.0. The van der Waals surface area contributed by atoms with Crippen LogP contribution in [0.15, 0.2) is 36.4 Å². The van der Waals surface area contributed by atoms with Crippen molar-refractivity contribution in [3.05, 3.63) is 58.5 Å². The van der Waals surface area contributed by atoms with Crippen LogP contribution in [0.5, 0.6) is 0 Å². The fourth-order valence-electron chi connectivity index (χ4n) is 2.41. The van der Waals surface area contributed by atoms with Crippen molar-refractivity contribution in [1.29, 1.82) is 0 Å². The lowest BCUT2D eigenvalue weighted by Gasteiger charge is -2.08. The molecule has 1 aromatic heterocycles. The van der Waals surface area contributed by atoms with E-state index in [0.717, 1.165) is 0 Å². The Bertz CT molecular complexity index is 951. The van der Waals surface area contributed by atoms with Gasteiger partial charge in [0.25, 0.3) is 0 Å². The van der Waals surface area contributed by atoms with Crippen LogP contribution in [0.3, 0.4) is 0 Å². The molecule has 3 aromatic rings. The van der Waals surface area contributed by atoms with Crippen LogP contribution in [0.25, 0.3) is 10.9 Å². The SMILES string of the molecule is COC(=O)c1n[nH]c2ccc(NC(=O)Cc3c(F)cccc3Cl)cc12. The number of esters is 1. The van der Waals surface area contributed by atoms with Gasteiger partial charge in [-0.1, -0.05) is 17.7 Å². The number of aromatic amines is 1. The Labute approximate surface area is 146 Å². The van der Waals surface area contributed by atoms with Gasteiger partial charge in [0, 0.05) is 21.7 Å². The molecule has 1 amide bonds. The van der Waals surface area contributed by atoms with Crippen molar-refractivity contribution in [3.8, 4) is 0 Å². The number of ether oxygens (including phenoxy) is 1. The van der Waals surface area contributed by atoms with Gasteiger partial charge in [-0.05, 0) is 30.3 Å². The van der Waals surface area contributed by atoms with E-state index >= 15 is 0 Å². The van der Waals surface area contributed by atoms with Crippen molar-refractivity contribution in [2.75, 3.05) is 12.4 Å². The molecule has 2 N–H and O–H groups in total. The topological polar surface area (TPSA) is 84.1 Å².